The number of anilines is 1. The zero-order chi connectivity index (χ0) is 16.0. The number of hydrogen-bond donors (Lipinski definition) is 4. The molecule has 0 aliphatic carbocycles. The number of thiazole rings is 1. The molecule has 1 heterocycles. The first-order valence-corrected chi connectivity index (χ1v) is 10.0. The van der Waals surface area contributed by atoms with Crippen LogP contribution in [0.1, 0.15) is 12.6 Å². The van der Waals surface area contributed by atoms with E-state index in [2.05, 4.69) is 10.3 Å². The maximum absolute atomic E-state index is 11.1. The minimum absolute atomic E-state index is 0.225. The number of benzene rings is 1. The summed E-state index contributed by atoms with van der Waals surface area (Å²) in [6.07, 6.45) is 0. The van der Waals surface area contributed by atoms with E-state index in [9.17, 15) is 13.6 Å². The van der Waals surface area contributed by atoms with E-state index in [1.54, 1.807) is 11.3 Å². The Balaban J connectivity index is 0.000000304. The summed E-state index contributed by atoms with van der Waals surface area (Å²) in [4.78, 5) is 14.7. The third-order valence-electron chi connectivity index (χ3n) is 2.19. The van der Waals surface area contributed by atoms with Crippen LogP contribution in [-0.4, -0.2) is 38.4 Å². The normalized spacial score (nSPS) is 10.5. The van der Waals surface area contributed by atoms with Crippen LogP contribution >= 0.6 is 11.3 Å². The van der Waals surface area contributed by atoms with E-state index in [1.165, 1.54) is 25.1 Å². The van der Waals surface area contributed by atoms with Crippen molar-refractivity contribution in [3.8, 4) is 5.75 Å². The van der Waals surface area contributed by atoms with Crippen molar-refractivity contribution in [3.05, 3.63) is 34.8 Å². The number of nitrogens with zero attached hydrogens (tertiary/aromatic N) is 1. The van der Waals surface area contributed by atoms with Gasteiger partial charge in [0.05, 0.1) is 5.51 Å². The molecule has 0 saturated carbocycles. The summed E-state index contributed by atoms with van der Waals surface area (Å²) in [5, 5.41) is 13.6. The van der Waals surface area contributed by atoms with Gasteiger partial charge in [-0.2, -0.15) is 0 Å². The molecule has 0 aliphatic rings. The van der Waals surface area contributed by atoms with Crippen molar-refractivity contribution in [1.29, 1.82) is 0 Å². The third kappa shape index (κ3) is 5.72. The number of carbonyl (C=O) groups excluding carboxylic acids is 1. The van der Waals surface area contributed by atoms with Gasteiger partial charge in [0.2, 0.25) is 0 Å². The number of rotatable bonds is 2. The van der Waals surface area contributed by atoms with Crippen LogP contribution in [0.5, 0.6) is 5.75 Å². The number of nitrogens with one attached hydrogen (secondary N) is 1. The molecule has 7 nitrogen and oxygen atoms in total. The van der Waals surface area contributed by atoms with Crippen LogP contribution < -0.4 is 9.67 Å². The molecule has 0 bridgehead atoms. The molecule has 1 amide bonds. The smallest absolute Gasteiger partial charge is 0.0794 e. The van der Waals surface area contributed by atoms with Gasteiger partial charge in [-0.05, 0) is 6.92 Å². The number of phenolic OH excluding ortho intramolecular Hbond substituents is 1. The van der Waals surface area contributed by atoms with Crippen molar-refractivity contribution >= 4 is 41.5 Å². The van der Waals surface area contributed by atoms with E-state index in [-0.39, 0.29) is 15.8 Å². The maximum Gasteiger partial charge on any atom is 0.0794 e. The molecule has 9 heteroatoms. The van der Waals surface area contributed by atoms with E-state index >= 15 is 0 Å². The van der Waals surface area contributed by atoms with Crippen molar-refractivity contribution in [2.75, 3.05) is 5.32 Å². The van der Waals surface area contributed by atoms with E-state index in [0.29, 0.717) is 0 Å². The molecule has 0 spiro atoms. The average Bonchev–Trinajstić information content (AvgIpc) is 2.82. The second-order valence-corrected chi connectivity index (χ2v) is 8.04. The first-order valence-electron chi connectivity index (χ1n) is 5.72. The number of phenols is 1. The number of hydrogen-bond acceptors (Lipinski definition) is 5. The van der Waals surface area contributed by atoms with Crippen LogP contribution in [0.2, 0.25) is 0 Å². The molecule has 0 unspecified atom stereocenters. The molecule has 2 aromatic rings. The van der Waals surface area contributed by atoms with Gasteiger partial charge in [-0.1, -0.05) is 0 Å². The molecular formula is C12H15AsN2O5S. The van der Waals surface area contributed by atoms with Gasteiger partial charge in [-0.25, -0.2) is 0 Å². The Morgan fingerprint density at radius 1 is 1.38 bits per heavy atom. The summed E-state index contributed by atoms with van der Waals surface area (Å²) < 4.78 is 28.8. The van der Waals surface area contributed by atoms with E-state index < -0.39 is 20.1 Å². The minimum Gasteiger partial charge on any atom is -0.250 e. The van der Waals surface area contributed by atoms with Gasteiger partial charge in [0.1, 0.15) is 0 Å². The fourth-order valence-electron chi connectivity index (χ4n) is 1.35. The minimum atomic E-state index is -5.14. The number of carbonyl (C=O) groups is 1. The topological polar surface area (TPSA) is 120 Å². The molecule has 1 aromatic carbocycles. The fourth-order valence-corrected chi connectivity index (χ4v) is 3.45. The number of aromatic hydroxyl groups is 1. The Labute approximate surface area is 128 Å². The number of amides is 1. The van der Waals surface area contributed by atoms with Crippen molar-refractivity contribution in [1.82, 2.24) is 4.98 Å². The van der Waals surface area contributed by atoms with Gasteiger partial charge in [0.15, 0.2) is 0 Å². The number of para-hydroxylation sites is 1. The fraction of sp³-hybridized carbons (Fsp3) is 0.167. The van der Waals surface area contributed by atoms with Gasteiger partial charge >= 0.3 is 88.1 Å². The van der Waals surface area contributed by atoms with E-state index in [4.69, 9.17) is 8.19 Å². The van der Waals surface area contributed by atoms with Crippen molar-refractivity contribution in [2.24, 2.45) is 0 Å². The Morgan fingerprint density at radius 3 is 2.43 bits per heavy atom. The van der Waals surface area contributed by atoms with Crippen LogP contribution in [0.15, 0.2) is 29.1 Å². The van der Waals surface area contributed by atoms with Gasteiger partial charge in [-0.15, -0.1) is 11.3 Å². The van der Waals surface area contributed by atoms with Crippen molar-refractivity contribution < 1.29 is 21.8 Å². The summed E-state index contributed by atoms with van der Waals surface area (Å²) >= 11 is -3.51. The predicted octanol–water partition coefficient (Wildman–Crippen LogP) is 0.363. The van der Waals surface area contributed by atoms with E-state index in [1.807, 2.05) is 17.8 Å². The van der Waals surface area contributed by atoms with Crippen LogP contribution in [-0.2, 0) is 8.53 Å². The molecule has 1 aromatic heterocycles. The molecular weight excluding hydrogens is 359 g/mol. The second-order valence-electron chi connectivity index (χ2n) is 4.03. The third-order valence-corrected chi connectivity index (χ3v) is 4.99. The average molecular weight is 374 g/mol. The Hall–Kier alpha value is -1.60. The molecule has 0 atom stereocenters. The Morgan fingerprint density at radius 2 is 2.05 bits per heavy atom. The summed E-state index contributed by atoms with van der Waals surface area (Å²) in [5.74, 6) is -0.880. The summed E-state index contributed by atoms with van der Waals surface area (Å²) in [5.41, 5.74) is 2.72. The number of aryl methyl sites for hydroxylation is 1. The summed E-state index contributed by atoms with van der Waals surface area (Å²) in [7, 11) is 0. The Bertz CT molecular complexity index is 654. The van der Waals surface area contributed by atoms with Crippen LogP contribution in [0, 0.1) is 6.92 Å². The molecule has 4 N–H and O–H groups in total. The molecule has 0 radical (unpaired) electrons. The Kier molecular flexibility index (Phi) is 6.16. The quantitative estimate of drug-likeness (QED) is 0.445. The van der Waals surface area contributed by atoms with Gasteiger partial charge in [0.25, 0.3) is 0 Å². The van der Waals surface area contributed by atoms with E-state index in [0.717, 1.165) is 5.69 Å². The first-order chi connectivity index (χ1) is 9.71. The predicted molar refractivity (Wildman–Crippen MR) is 79.8 cm³/mol. The number of aromatic nitrogens is 1. The van der Waals surface area contributed by atoms with Gasteiger partial charge < -0.3 is 0 Å². The largest absolute Gasteiger partial charge is 0.250 e. The summed E-state index contributed by atoms with van der Waals surface area (Å²) in [6.45, 7) is 3.17. The molecule has 2 rings (SSSR count). The van der Waals surface area contributed by atoms with Crippen LogP contribution in [0.3, 0.4) is 0 Å². The molecule has 0 fully saturated rings. The van der Waals surface area contributed by atoms with Gasteiger partial charge in [-0.3, -0.25) is 4.98 Å². The molecule has 114 valence electrons. The van der Waals surface area contributed by atoms with Gasteiger partial charge in [0, 0.05) is 11.1 Å². The zero-order valence-corrected chi connectivity index (χ0v) is 14.0. The SMILES string of the molecule is CC(=O)Nc1c(O)cccc1[As](=O)(O)O.Cc1cscn1. The van der Waals surface area contributed by atoms with Crippen LogP contribution in [0.25, 0.3) is 0 Å². The maximum atomic E-state index is 11.1. The first kappa shape index (κ1) is 17.4. The molecule has 0 aliphatic heterocycles. The van der Waals surface area contributed by atoms with Crippen LogP contribution in [0.4, 0.5) is 5.69 Å². The standard InChI is InChI=1S/C8H10AsNO5.C4H5NS/c1-5(11)10-8-6(9(13,14)15)3-2-4-7(8)12;1-4-2-6-3-5-4/h2-4,12H,1H3,(H,10,11)(H2,13,14,15);2-3H,1H3. The molecule has 21 heavy (non-hydrogen) atoms. The van der Waals surface area contributed by atoms with Crippen molar-refractivity contribution in [2.45, 2.75) is 13.8 Å². The second kappa shape index (κ2) is 7.42. The monoisotopic (exact) mass is 374 g/mol. The summed E-state index contributed by atoms with van der Waals surface area (Å²) in [6, 6.07) is 3.71. The molecule has 0 saturated heterocycles. The van der Waals surface area contributed by atoms with Crippen molar-refractivity contribution in [3.63, 3.8) is 0 Å². The zero-order valence-electron chi connectivity index (χ0n) is 11.3.